The number of hydrazine groups is 1. The van der Waals surface area contributed by atoms with Gasteiger partial charge in [0.1, 0.15) is 0 Å². The Hall–Kier alpha value is -3.36. The molecule has 4 rings (SSSR count). The van der Waals surface area contributed by atoms with Crippen molar-refractivity contribution < 1.29 is 0 Å². The average Bonchev–Trinajstić information content (AvgIpc) is 3.07. The van der Waals surface area contributed by atoms with Gasteiger partial charge in [0.15, 0.2) is 5.82 Å². The Kier molecular flexibility index (Phi) is 3.83. The van der Waals surface area contributed by atoms with E-state index in [0.29, 0.717) is 39.0 Å². The van der Waals surface area contributed by atoms with Gasteiger partial charge in [0, 0.05) is 17.2 Å². The molecule has 0 saturated heterocycles. The largest absolute Gasteiger partial charge is 0.397 e. The summed E-state index contributed by atoms with van der Waals surface area (Å²) < 4.78 is 1.27. The van der Waals surface area contributed by atoms with Crippen molar-refractivity contribution in [2.45, 2.75) is 0 Å². The van der Waals surface area contributed by atoms with Crippen LogP contribution in [0, 0.1) is 0 Å². The predicted molar refractivity (Wildman–Crippen MR) is 102 cm³/mol. The van der Waals surface area contributed by atoms with Gasteiger partial charge in [-0.25, -0.2) is 4.98 Å². The number of nitrogen functional groups attached to an aromatic ring is 2. The number of halogens is 1. The van der Waals surface area contributed by atoms with Crippen LogP contribution in [-0.4, -0.2) is 19.6 Å². The number of fused-ring (bicyclic) bond motifs is 1. The minimum absolute atomic E-state index is 0.238. The minimum Gasteiger partial charge on any atom is -0.397 e. The van der Waals surface area contributed by atoms with Crippen molar-refractivity contribution in [3.8, 4) is 22.6 Å². The fourth-order valence-electron chi connectivity index (χ4n) is 2.64. The van der Waals surface area contributed by atoms with Crippen molar-refractivity contribution in [1.29, 1.82) is 0 Å². The lowest BCUT2D eigenvalue weighted by Crippen LogP contribution is -2.14. The van der Waals surface area contributed by atoms with Crippen LogP contribution in [0.1, 0.15) is 0 Å². The van der Waals surface area contributed by atoms with Crippen LogP contribution >= 0.6 is 11.6 Å². The van der Waals surface area contributed by atoms with Crippen molar-refractivity contribution in [1.82, 2.24) is 19.6 Å². The molecule has 6 N–H and O–H groups in total. The van der Waals surface area contributed by atoms with Crippen LogP contribution in [0.4, 0.5) is 11.4 Å². The van der Waals surface area contributed by atoms with E-state index in [1.165, 1.54) is 10.6 Å². The molecule has 0 aliphatic heterocycles. The van der Waals surface area contributed by atoms with Crippen LogP contribution in [0.25, 0.3) is 28.4 Å². The number of rotatable bonds is 3. The van der Waals surface area contributed by atoms with Gasteiger partial charge in [-0.15, -0.1) is 0 Å². The molecule has 2 aromatic heterocycles. The number of hydrogen-bond donors (Lipinski definition) is 4. The number of hydrogen-bond acceptors (Lipinski definition) is 6. The highest BCUT2D eigenvalue weighted by atomic mass is 35.5. The molecule has 4 aromatic rings. The summed E-state index contributed by atoms with van der Waals surface area (Å²) >= 11 is 6.20. The first kappa shape index (κ1) is 16.1. The van der Waals surface area contributed by atoms with Gasteiger partial charge in [-0.05, 0) is 24.3 Å². The van der Waals surface area contributed by atoms with E-state index in [4.69, 9.17) is 23.2 Å². The summed E-state index contributed by atoms with van der Waals surface area (Å²) in [7, 11) is 0. The number of H-pyrrole nitrogens is 1. The third kappa shape index (κ3) is 2.67. The molecule has 2 aromatic carbocycles. The van der Waals surface area contributed by atoms with E-state index < -0.39 is 0 Å². The lowest BCUT2D eigenvalue weighted by atomic mass is 10.1. The molecule has 0 amide bonds. The smallest absolute Gasteiger partial charge is 0.274 e. The number of nitrogens with zero attached hydrogens (tertiary/aromatic N) is 3. The number of nitrogens with two attached hydrogens (primary N) is 2. The molecule has 0 atom stereocenters. The van der Waals surface area contributed by atoms with Gasteiger partial charge >= 0.3 is 0 Å². The summed E-state index contributed by atoms with van der Waals surface area (Å²) in [5, 5.41) is 3.45. The van der Waals surface area contributed by atoms with Gasteiger partial charge in [0.05, 0.1) is 22.1 Å². The first-order valence-corrected chi connectivity index (χ1v) is 8.06. The molecule has 0 saturated carbocycles. The number of nitrogens with one attached hydrogen (secondary N) is 2. The molecular weight excluding hydrogens is 354 g/mol. The van der Waals surface area contributed by atoms with E-state index in [2.05, 4.69) is 20.5 Å². The molecule has 9 heteroatoms. The van der Waals surface area contributed by atoms with Gasteiger partial charge in [0.25, 0.3) is 11.3 Å². The predicted octanol–water partition coefficient (Wildman–Crippen LogP) is 2.27. The van der Waals surface area contributed by atoms with Gasteiger partial charge in [-0.1, -0.05) is 29.8 Å². The highest BCUT2D eigenvalue weighted by molar-refractivity contribution is 6.33. The van der Waals surface area contributed by atoms with Crippen LogP contribution in [-0.2, 0) is 0 Å². The van der Waals surface area contributed by atoms with Gasteiger partial charge < -0.3 is 11.2 Å². The third-order valence-electron chi connectivity index (χ3n) is 3.96. The SMILES string of the molecule is NNc1cc(-c2cc(=O)n3[nH]c(-c4ccccc4Cl)nc3n2)ccc1N. The number of aromatic nitrogens is 4. The van der Waals surface area contributed by atoms with E-state index >= 15 is 0 Å². The van der Waals surface area contributed by atoms with E-state index in [0.717, 1.165) is 0 Å². The van der Waals surface area contributed by atoms with E-state index in [1.54, 1.807) is 24.3 Å². The Balaban J connectivity index is 1.87. The lowest BCUT2D eigenvalue weighted by molar-refractivity contribution is 0.904. The van der Waals surface area contributed by atoms with Gasteiger partial charge in [-0.3, -0.25) is 15.7 Å². The maximum absolute atomic E-state index is 12.5. The summed E-state index contributed by atoms with van der Waals surface area (Å²) in [6, 6.07) is 13.8. The van der Waals surface area contributed by atoms with Crippen molar-refractivity contribution in [2.24, 2.45) is 5.84 Å². The molecule has 2 heterocycles. The minimum atomic E-state index is -0.296. The summed E-state index contributed by atoms with van der Waals surface area (Å²) in [4.78, 5) is 21.3. The van der Waals surface area contributed by atoms with Gasteiger partial charge in [0.2, 0.25) is 0 Å². The van der Waals surface area contributed by atoms with Crippen LogP contribution < -0.4 is 22.6 Å². The first-order valence-electron chi connectivity index (χ1n) is 7.68. The molecule has 0 bridgehead atoms. The highest BCUT2D eigenvalue weighted by Crippen LogP contribution is 2.27. The maximum Gasteiger partial charge on any atom is 0.274 e. The average molecular weight is 368 g/mol. The summed E-state index contributed by atoms with van der Waals surface area (Å²) in [6.07, 6.45) is 0. The highest BCUT2D eigenvalue weighted by Gasteiger charge is 2.13. The zero-order valence-corrected chi connectivity index (χ0v) is 14.2. The monoisotopic (exact) mass is 367 g/mol. The zero-order valence-electron chi connectivity index (χ0n) is 13.4. The summed E-state index contributed by atoms with van der Waals surface area (Å²) in [6.45, 7) is 0. The molecule has 0 fully saturated rings. The second-order valence-electron chi connectivity index (χ2n) is 5.61. The van der Waals surface area contributed by atoms with Crippen molar-refractivity contribution >= 4 is 28.8 Å². The van der Waals surface area contributed by atoms with Crippen LogP contribution in [0.15, 0.2) is 53.3 Å². The van der Waals surface area contributed by atoms with E-state index in [1.807, 2.05) is 18.2 Å². The fourth-order valence-corrected chi connectivity index (χ4v) is 2.87. The Morgan fingerprint density at radius 1 is 1.12 bits per heavy atom. The molecule has 130 valence electrons. The topological polar surface area (TPSA) is 127 Å². The number of aromatic amines is 1. The maximum atomic E-state index is 12.5. The molecule has 0 aliphatic rings. The lowest BCUT2D eigenvalue weighted by Gasteiger charge is -2.07. The molecule has 0 aliphatic carbocycles. The Morgan fingerprint density at radius 3 is 2.69 bits per heavy atom. The quantitative estimate of drug-likeness (QED) is 0.250. The Morgan fingerprint density at radius 2 is 1.92 bits per heavy atom. The molecule has 0 spiro atoms. The zero-order chi connectivity index (χ0) is 18.3. The van der Waals surface area contributed by atoms with Crippen LogP contribution in [0.5, 0.6) is 0 Å². The Labute approximate surface area is 152 Å². The van der Waals surface area contributed by atoms with Crippen molar-refractivity contribution in [3.05, 3.63) is 63.9 Å². The first-order chi connectivity index (χ1) is 12.6. The number of benzene rings is 2. The molecular formula is C17H14ClN7O. The second kappa shape index (κ2) is 6.17. The van der Waals surface area contributed by atoms with Gasteiger partial charge in [-0.2, -0.15) is 9.50 Å². The van der Waals surface area contributed by atoms with E-state index in [-0.39, 0.29) is 11.3 Å². The third-order valence-corrected chi connectivity index (χ3v) is 4.29. The fraction of sp³-hybridized carbons (Fsp3) is 0. The van der Waals surface area contributed by atoms with Crippen LogP contribution in [0.2, 0.25) is 5.02 Å². The molecule has 26 heavy (non-hydrogen) atoms. The van der Waals surface area contributed by atoms with Crippen LogP contribution in [0.3, 0.4) is 0 Å². The standard InChI is InChI=1S/C17H14ClN7O/c18-11-4-2-1-3-10(11)16-22-17-21-13(8-15(26)25(17)24-16)9-5-6-12(19)14(7-9)23-20/h1-8,23H,19-20H2,(H,21,22,24). The number of anilines is 2. The molecule has 0 unspecified atom stereocenters. The molecule has 8 nitrogen and oxygen atoms in total. The normalized spacial score (nSPS) is 11.0. The second-order valence-corrected chi connectivity index (χ2v) is 6.02. The summed E-state index contributed by atoms with van der Waals surface area (Å²) in [5.41, 5.74) is 10.9. The van der Waals surface area contributed by atoms with E-state index in [9.17, 15) is 4.79 Å². The Bertz CT molecular complexity index is 1180. The molecule has 0 radical (unpaired) electrons. The summed E-state index contributed by atoms with van der Waals surface area (Å²) in [5.74, 6) is 6.15. The van der Waals surface area contributed by atoms with Crippen molar-refractivity contribution in [3.63, 3.8) is 0 Å². The van der Waals surface area contributed by atoms with Crippen molar-refractivity contribution in [2.75, 3.05) is 11.2 Å².